The summed E-state index contributed by atoms with van der Waals surface area (Å²) in [6.07, 6.45) is 0. The number of rotatable bonds is 6. The number of H-pyrrole nitrogens is 1. The maximum Gasteiger partial charge on any atom is 0.254 e. The molecule has 0 atom stereocenters. The van der Waals surface area contributed by atoms with E-state index in [9.17, 15) is 4.79 Å². The molecule has 0 aliphatic heterocycles. The summed E-state index contributed by atoms with van der Waals surface area (Å²) in [7, 11) is 1.65. The lowest BCUT2D eigenvalue weighted by molar-refractivity contribution is 0.415. The van der Waals surface area contributed by atoms with Gasteiger partial charge in [0, 0.05) is 28.7 Å². The van der Waals surface area contributed by atoms with Crippen molar-refractivity contribution in [3.05, 3.63) is 106 Å². The summed E-state index contributed by atoms with van der Waals surface area (Å²) in [5, 5.41) is 9.16. The van der Waals surface area contributed by atoms with E-state index >= 15 is 0 Å². The normalized spacial score (nSPS) is 11.0. The third-order valence-corrected chi connectivity index (χ3v) is 6.12. The van der Waals surface area contributed by atoms with E-state index in [1.807, 2.05) is 66.7 Å². The van der Waals surface area contributed by atoms with E-state index in [-0.39, 0.29) is 5.56 Å². The van der Waals surface area contributed by atoms with Crippen molar-refractivity contribution in [1.82, 2.24) is 14.8 Å². The number of pyridine rings is 1. The average Bonchev–Trinajstić information content (AvgIpc) is 3.23. The number of anilines is 1. The fourth-order valence-electron chi connectivity index (χ4n) is 4.01. The van der Waals surface area contributed by atoms with Gasteiger partial charge in [0.2, 0.25) is 0 Å². The molecule has 2 aromatic heterocycles. The highest BCUT2D eigenvalue weighted by Crippen LogP contribution is 2.30. The van der Waals surface area contributed by atoms with E-state index in [0.29, 0.717) is 17.8 Å². The standard InChI is InChI=1S/C28H26N4O2/c1-18-9-12-22(15-19(18)2)29-17-21-16-25-26(20-10-13-24(34-3)14-11-20)31-32(27(25)30-28(21)33)23-7-5-4-6-8-23/h4-16,29H,17H2,1-3H3,(H,30,33). The summed E-state index contributed by atoms with van der Waals surface area (Å²) in [5.74, 6) is 0.780. The van der Waals surface area contributed by atoms with E-state index in [1.54, 1.807) is 11.8 Å². The van der Waals surface area contributed by atoms with Crippen LogP contribution in [-0.2, 0) is 6.54 Å². The Kier molecular flexibility index (Phi) is 5.64. The van der Waals surface area contributed by atoms with Crippen molar-refractivity contribution in [2.45, 2.75) is 20.4 Å². The predicted molar refractivity (Wildman–Crippen MR) is 137 cm³/mol. The van der Waals surface area contributed by atoms with E-state index in [2.05, 4.69) is 36.3 Å². The Hall–Kier alpha value is -4.32. The number of benzene rings is 3. The van der Waals surface area contributed by atoms with Crippen LogP contribution in [0.4, 0.5) is 5.69 Å². The van der Waals surface area contributed by atoms with Crippen LogP contribution in [0.5, 0.6) is 5.75 Å². The molecule has 0 bridgehead atoms. The number of hydrogen-bond acceptors (Lipinski definition) is 4. The third kappa shape index (κ3) is 4.06. The van der Waals surface area contributed by atoms with Crippen LogP contribution >= 0.6 is 0 Å². The maximum atomic E-state index is 13.0. The van der Waals surface area contributed by atoms with Gasteiger partial charge in [-0.25, -0.2) is 4.68 Å². The highest BCUT2D eigenvalue weighted by molar-refractivity contribution is 5.92. The predicted octanol–water partition coefficient (Wildman–Crippen LogP) is 5.62. The molecule has 0 aliphatic rings. The molecule has 2 N–H and O–H groups in total. The lowest BCUT2D eigenvalue weighted by Gasteiger charge is -2.09. The van der Waals surface area contributed by atoms with Crippen molar-refractivity contribution in [2.24, 2.45) is 0 Å². The second-order valence-electron chi connectivity index (χ2n) is 8.36. The zero-order valence-corrected chi connectivity index (χ0v) is 19.4. The molecule has 0 spiro atoms. The summed E-state index contributed by atoms with van der Waals surface area (Å²) >= 11 is 0. The highest BCUT2D eigenvalue weighted by Gasteiger charge is 2.17. The Balaban J connectivity index is 1.61. The number of ether oxygens (including phenoxy) is 1. The number of aryl methyl sites for hydroxylation is 2. The Morgan fingerprint density at radius 3 is 2.41 bits per heavy atom. The summed E-state index contributed by atoms with van der Waals surface area (Å²) in [5.41, 5.74) is 7.22. The average molecular weight is 451 g/mol. The lowest BCUT2D eigenvalue weighted by Crippen LogP contribution is -2.16. The first-order valence-electron chi connectivity index (χ1n) is 11.2. The monoisotopic (exact) mass is 450 g/mol. The number of nitrogens with zero attached hydrogens (tertiary/aromatic N) is 2. The Labute approximate surface area is 197 Å². The molecule has 3 aromatic carbocycles. The molecule has 0 fully saturated rings. The summed E-state index contributed by atoms with van der Waals surface area (Å²) in [6.45, 7) is 4.58. The molecule has 2 heterocycles. The fraction of sp³-hybridized carbons (Fsp3) is 0.143. The number of para-hydroxylation sites is 1. The van der Waals surface area contributed by atoms with Crippen LogP contribution in [0.1, 0.15) is 16.7 Å². The van der Waals surface area contributed by atoms with E-state index in [1.165, 1.54) is 11.1 Å². The molecular formula is C28H26N4O2. The van der Waals surface area contributed by atoms with Gasteiger partial charge in [-0.05, 0) is 79.6 Å². The number of hydrogen-bond donors (Lipinski definition) is 2. The van der Waals surface area contributed by atoms with Crippen molar-refractivity contribution < 1.29 is 4.74 Å². The van der Waals surface area contributed by atoms with Crippen LogP contribution in [0.2, 0.25) is 0 Å². The second-order valence-corrected chi connectivity index (χ2v) is 8.36. The van der Waals surface area contributed by atoms with E-state index in [0.717, 1.165) is 33.8 Å². The van der Waals surface area contributed by atoms with Gasteiger partial charge in [0.25, 0.3) is 5.56 Å². The zero-order chi connectivity index (χ0) is 23.7. The maximum absolute atomic E-state index is 13.0. The van der Waals surface area contributed by atoms with Crippen LogP contribution in [0.3, 0.4) is 0 Å². The third-order valence-electron chi connectivity index (χ3n) is 6.12. The molecule has 0 saturated heterocycles. The van der Waals surface area contributed by atoms with Crippen molar-refractivity contribution in [3.63, 3.8) is 0 Å². The van der Waals surface area contributed by atoms with Gasteiger partial charge in [0.1, 0.15) is 17.1 Å². The fourth-order valence-corrected chi connectivity index (χ4v) is 4.01. The van der Waals surface area contributed by atoms with Crippen LogP contribution in [0.15, 0.2) is 83.7 Å². The first-order chi connectivity index (χ1) is 16.5. The number of fused-ring (bicyclic) bond motifs is 1. The van der Waals surface area contributed by atoms with Crippen LogP contribution in [-0.4, -0.2) is 21.9 Å². The first kappa shape index (κ1) is 21.5. The van der Waals surface area contributed by atoms with Gasteiger partial charge >= 0.3 is 0 Å². The number of aromatic amines is 1. The van der Waals surface area contributed by atoms with Gasteiger partial charge < -0.3 is 15.0 Å². The van der Waals surface area contributed by atoms with Gasteiger partial charge in [-0.2, -0.15) is 5.10 Å². The van der Waals surface area contributed by atoms with E-state index in [4.69, 9.17) is 9.84 Å². The molecule has 34 heavy (non-hydrogen) atoms. The van der Waals surface area contributed by atoms with Gasteiger partial charge in [-0.15, -0.1) is 0 Å². The van der Waals surface area contributed by atoms with Crippen molar-refractivity contribution in [3.8, 4) is 22.7 Å². The minimum atomic E-state index is -0.137. The van der Waals surface area contributed by atoms with Crippen LogP contribution < -0.4 is 15.6 Å². The molecule has 0 amide bonds. The smallest absolute Gasteiger partial charge is 0.254 e. The molecule has 6 nitrogen and oxygen atoms in total. The lowest BCUT2D eigenvalue weighted by atomic mass is 10.1. The molecule has 5 aromatic rings. The van der Waals surface area contributed by atoms with Gasteiger partial charge in [-0.1, -0.05) is 24.3 Å². The Bertz CT molecular complexity index is 1520. The molecule has 0 saturated carbocycles. The molecular weight excluding hydrogens is 424 g/mol. The topological polar surface area (TPSA) is 71.9 Å². The van der Waals surface area contributed by atoms with Crippen molar-refractivity contribution in [2.75, 3.05) is 12.4 Å². The highest BCUT2D eigenvalue weighted by atomic mass is 16.5. The SMILES string of the molecule is COc1ccc(-c2nn(-c3ccccc3)c3[nH]c(=O)c(CNc4ccc(C)c(C)c4)cc23)cc1. The minimum Gasteiger partial charge on any atom is -0.497 e. The van der Waals surface area contributed by atoms with Gasteiger partial charge in [-0.3, -0.25) is 4.79 Å². The van der Waals surface area contributed by atoms with Gasteiger partial charge in [0.15, 0.2) is 0 Å². The van der Waals surface area contributed by atoms with Crippen LogP contribution in [0, 0.1) is 13.8 Å². The first-order valence-corrected chi connectivity index (χ1v) is 11.2. The van der Waals surface area contributed by atoms with E-state index < -0.39 is 0 Å². The second kappa shape index (κ2) is 8.90. The molecule has 0 unspecified atom stereocenters. The molecule has 6 heteroatoms. The number of nitrogens with one attached hydrogen (secondary N) is 2. The number of methoxy groups -OCH3 is 1. The zero-order valence-electron chi connectivity index (χ0n) is 19.4. The van der Waals surface area contributed by atoms with Crippen LogP contribution in [0.25, 0.3) is 28.0 Å². The quantitative estimate of drug-likeness (QED) is 0.352. The molecule has 0 radical (unpaired) electrons. The molecule has 0 aliphatic carbocycles. The van der Waals surface area contributed by atoms with Gasteiger partial charge in [0.05, 0.1) is 12.8 Å². The summed E-state index contributed by atoms with van der Waals surface area (Å²) in [4.78, 5) is 16.1. The van der Waals surface area contributed by atoms with Crippen molar-refractivity contribution in [1.29, 1.82) is 0 Å². The number of aromatic nitrogens is 3. The Morgan fingerprint density at radius 2 is 1.71 bits per heavy atom. The van der Waals surface area contributed by atoms with Crippen molar-refractivity contribution >= 4 is 16.7 Å². The molecule has 5 rings (SSSR count). The molecule has 170 valence electrons. The largest absolute Gasteiger partial charge is 0.497 e. The minimum absolute atomic E-state index is 0.137. The summed E-state index contributed by atoms with van der Waals surface area (Å²) < 4.78 is 7.10. The summed E-state index contributed by atoms with van der Waals surface area (Å²) in [6, 6.07) is 25.7. The Morgan fingerprint density at radius 1 is 0.941 bits per heavy atom.